The highest BCUT2D eigenvalue weighted by molar-refractivity contribution is 9.11. The molecule has 3 heterocycles. The van der Waals surface area contributed by atoms with Gasteiger partial charge in [-0.05, 0) is 34.1 Å². The number of rotatable bonds is 2. The first kappa shape index (κ1) is 14.3. The summed E-state index contributed by atoms with van der Waals surface area (Å²) in [5.74, 6) is -0.360. The van der Waals surface area contributed by atoms with Crippen molar-refractivity contribution < 1.29 is 14.3 Å². The van der Waals surface area contributed by atoms with Crippen LogP contribution in [0.3, 0.4) is 0 Å². The van der Waals surface area contributed by atoms with Gasteiger partial charge in [-0.25, -0.2) is 0 Å². The summed E-state index contributed by atoms with van der Waals surface area (Å²) in [6.07, 6.45) is 5.03. The molecule has 1 spiro atoms. The predicted molar refractivity (Wildman–Crippen MR) is 81.5 cm³/mol. The van der Waals surface area contributed by atoms with Crippen molar-refractivity contribution in [1.29, 1.82) is 0 Å². The Kier molecular flexibility index (Phi) is 4.26. The standard InChI is InChI=1S/C14H16BrNO3S/c15-12-3-1-11(20-12)2-4-13(17)16-7-5-14(6-8-16)18-9-10-19-14/h1-4H,5-10H2. The second-order valence-corrected chi connectivity index (χ2v) is 7.40. The third-order valence-corrected chi connectivity index (χ3v) is 5.22. The van der Waals surface area contributed by atoms with Gasteiger partial charge in [0, 0.05) is 36.9 Å². The number of carbonyl (C=O) groups is 1. The van der Waals surface area contributed by atoms with Crippen LogP contribution in [0.15, 0.2) is 22.0 Å². The topological polar surface area (TPSA) is 38.8 Å². The van der Waals surface area contributed by atoms with Crippen molar-refractivity contribution >= 4 is 39.2 Å². The summed E-state index contributed by atoms with van der Waals surface area (Å²) < 4.78 is 12.4. The lowest BCUT2D eigenvalue weighted by Crippen LogP contribution is -2.46. The predicted octanol–water partition coefficient (Wildman–Crippen LogP) is 2.89. The van der Waals surface area contributed by atoms with Crippen molar-refractivity contribution in [2.45, 2.75) is 18.6 Å². The maximum Gasteiger partial charge on any atom is 0.246 e. The molecule has 2 saturated heterocycles. The zero-order chi connectivity index (χ0) is 14.0. The number of ether oxygens (including phenoxy) is 2. The van der Waals surface area contributed by atoms with Gasteiger partial charge < -0.3 is 14.4 Å². The van der Waals surface area contributed by atoms with Crippen LogP contribution >= 0.6 is 27.3 Å². The highest BCUT2D eigenvalue weighted by Gasteiger charge is 2.40. The van der Waals surface area contributed by atoms with Gasteiger partial charge in [0.05, 0.1) is 17.0 Å². The van der Waals surface area contributed by atoms with Crippen LogP contribution < -0.4 is 0 Å². The first-order chi connectivity index (χ1) is 9.67. The molecule has 0 saturated carbocycles. The Bertz CT molecular complexity index is 512. The molecule has 6 heteroatoms. The van der Waals surface area contributed by atoms with Crippen molar-refractivity contribution in [2.75, 3.05) is 26.3 Å². The van der Waals surface area contributed by atoms with Gasteiger partial charge in [-0.3, -0.25) is 4.79 Å². The summed E-state index contributed by atoms with van der Waals surface area (Å²) in [6.45, 7) is 2.72. The third kappa shape index (κ3) is 3.14. The quantitative estimate of drug-likeness (QED) is 0.764. The average Bonchev–Trinajstić information content (AvgIpc) is 3.07. The maximum absolute atomic E-state index is 12.1. The number of amides is 1. The smallest absolute Gasteiger partial charge is 0.246 e. The fraction of sp³-hybridized carbons (Fsp3) is 0.500. The van der Waals surface area contributed by atoms with E-state index >= 15 is 0 Å². The number of likely N-dealkylation sites (tertiary alicyclic amines) is 1. The summed E-state index contributed by atoms with van der Waals surface area (Å²) >= 11 is 5.02. The molecule has 0 aliphatic carbocycles. The monoisotopic (exact) mass is 357 g/mol. The van der Waals surface area contributed by atoms with Gasteiger partial charge >= 0.3 is 0 Å². The molecule has 2 aliphatic heterocycles. The van der Waals surface area contributed by atoms with E-state index in [1.54, 1.807) is 17.4 Å². The zero-order valence-electron chi connectivity index (χ0n) is 11.0. The molecule has 0 unspecified atom stereocenters. The second-order valence-electron chi connectivity index (χ2n) is 4.91. The lowest BCUT2D eigenvalue weighted by Gasteiger charge is -2.37. The minimum absolute atomic E-state index is 0.0577. The van der Waals surface area contributed by atoms with E-state index in [0.717, 1.165) is 21.5 Å². The van der Waals surface area contributed by atoms with Crippen molar-refractivity contribution in [3.63, 3.8) is 0 Å². The molecule has 0 aromatic carbocycles. The van der Waals surface area contributed by atoms with E-state index in [1.807, 2.05) is 23.1 Å². The van der Waals surface area contributed by atoms with Gasteiger partial charge in [0.25, 0.3) is 0 Å². The molecular formula is C14H16BrNO3S. The van der Waals surface area contributed by atoms with Crippen LogP contribution in [-0.4, -0.2) is 42.9 Å². The van der Waals surface area contributed by atoms with Crippen LogP contribution in [0.4, 0.5) is 0 Å². The van der Waals surface area contributed by atoms with Crippen LogP contribution in [0.2, 0.25) is 0 Å². The van der Waals surface area contributed by atoms with E-state index < -0.39 is 5.79 Å². The van der Waals surface area contributed by atoms with E-state index in [1.165, 1.54) is 0 Å². The Morgan fingerprint density at radius 3 is 2.60 bits per heavy atom. The minimum Gasteiger partial charge on any atom is -0.347 e. The van der Waals surface area contributed by atoms with E-state index in [9.17, 15) is 4.79 Å². The third-order valence-electron chi connectivity index (χ3n) is 3.63. The Balaban J connectivity index is 1.55. The van der Waals surface area contributed by atoms with E-state index in [0.29, 0.717) is 26.3 Å². The minimum atomic E-state index is -0.418. The largest absolute Gasteiger partial charge is 0.347 e. The summed E-state index contributed by atoms with van der Waals surface area (Å²) in [6, 6.07) is 3.97. The zero-order valence-corrected chi connectivity index (χ0v) is 13.4. The first-order valence-electron chi connectivity index (χ1n) is 6.67. The van der Waals surface area contributed by atoms with Gasteiger partial charge in [0.1, 0.15) is 0 Å². The lowest BCUT2D eigenvalue weighted by atomic mass is 10.0. The Hall–Kier alpha value is -0.690. The van der Waals surface area contributed by atoms with Crippen LogP contribution in [-0.2, 0) is 14.3 Å². The molecule has 108 valence electrons. The normalized spacial score (nSPS) is 21.9. The highest BCUT2D eigenvalue weighted by Crippen LogP contribution is 2.31. The molecule has 2 fully saturated rings. The van der Waals surface area contributed by atoms with Gasteiger partial charge in [-0.2, -0.15) is 0 Å². The Morgan fingerprint density at radius 2 is 2.00 bits per heavy atom. The molecule has 1 amide bonds. The summed E-state index contributed by atoms with van der Waals surface area (Å²) in [5, 5.41) is 0. The van der Waals surface area contributed by atoms with Crippen molar-refractivity contribution in [3.8, 4) is 0 Å². The molecule has 4 nitrogen and oxygen atoms in total. The Labute approximate surface area is 130 Å². The molecule has 0 N–H and O–H groups in total. The fourth-order valence-electron chi connectivity index (χ4n) is 2.53. The molecule has 1 aromatic rings. The van der Waals surface area contributed by atoms with E-state index in [4.69, 9.17) is 9.47 Å². The molecule has 0 bridgehead atoms. The van der Waals surface area contributed by atoms with Crippen molar-refractivity contribution in [3.05, 3.63) is 26.9 Å². The number of hydrogen-bond donors (Lipinski definition) is 0. The molecule has 3 rings (SSSR count). The van der Waals surface area contributed by atoms with E-state index in [-0.39, 0.29) is 5.91 Å². The number of piperidine rings is 1. The van der Waals surface area contributed by atoms with Gasteiger partial charge in [0.15, 0.2) is 5.79 Å². The van der Waals surface area contributed by atoms with Crippen LogP contribution in [0.5, 0.6) is 0 Å². The fourth-order valence-corrected chi connectivity index (χ4v) is 3.86. The summed E-state index contributed by atoms with van der Waals surface area (Å²) in [7, 11) is 0. The SMILES string of the molecule is O=C(C=Cc1ccc(Br)s1)N1CCC2(CC1)OCCO2. The molecule has 1 aromatic heterocycles. The van der Waals surface area contributed by atoms with Gasteiger partial charge in [-0.15, -0.1) is 11.3 Å². The lowest BCUT2D eigenvalue weighted by molar-refractivity contribution is -0.186. The second kappa shape index (κ2) is 5.97. The summed E-state index contributed by atoms with van der Waals surface area (Å²) in [5.41, 5.74) is 0. The number of thiophene rings is 1. The van der Waals surface area contributed by atoms with Crippen molar-refractivity contribution in [1.82, 2.24) is 4.90 Å². The molecule has 20 heavy (non-hydrogen) atoms. The first-order valence-corrected chi connectivity index (χ1v) is 8.28. The van der Waals surface area contributed by atoms with E-state index in [2.05, 4.69) is 15.9 Å². The highest BCUT2D eigenvalue weighted by atomic mass is 79.9. The van der Waals surface area contributed by atoms with Crippen LogP contribution in [0, 0.1) is 0 Å². The average molecular weight is 358 g/mol. The van der Waals surface area contributed by atoms with Crippen LogP contribution in [0.25, 0.3) is 6.08 Å². The molecule has 0 atom stereocenters. The van der Waals surface area contributed by atoms with Gasteiger partial charge in [-0.1, -0.05) is 0 Å². The van der Waals surface area contributed by atoms with Crippen LogP contribution in [0.1, 0.15) is 17.7 Å². The number of carbonyl (C=O) groups excluding carboxylic acids is 1. The Morgan fingerprint density at radius 1 is 1.30 bits per heavy atom. The molecule has 2 aliphatic rings. The maximum atomic E-state index is 12.1. The molecule has 0 radical (unpaired) electrons. The van der Waals surface area contributed by atoms with Gasteiger partial charge in [0.2, 0.25) is 5.91 Å². The molecular weight excluding hydrogens is 342 g/mol. The van der Waals surface area contributed by atoms with Crippen molar-refractivity contribution in [2.24, 2.45) is 0 Å². The summed E-state index contributed by atoms with van der Waals surface area (Å²) in [4.78, 5) is 15.1. The number of hydrogen-bond acceptors (Lipinski definition) is 4. The number of nitrogens with zero attached hydrogens (tertiary/aromatic N) is 1. The number of halogens is 1.